The van der Waals surface area contributed by atoms with Gasteiger partial charge in [0.15, 0.2) is 18.1 Å². The molecule has 0 saturated heterocycles. The van der Waals surface area contributed by atoms with E-state index in [0.29, 0.717) is 28.7 Å². The van der Waals surface area contributed by atoms with E-state index in [-0.39, 0.29) is 12.4 Å². The molecule has 2 aromatic carbocycles. The van der Waals surface area contributed by atoms with Crippen molar-refractivity contribution in [2.75, 3.05) is 13.2 Å². The maximum Gasteiger partial charge on any atom is 0.277 e. The van der Waals surface area contributed by atoms with Crippen LogP contribution in [-0.2, 0) is 4.79 Å². The fourth-order valence-corrected chi connectivity index (χ4v) is 2.56. The molecule has 25 heavy (non-hydrogen) atoms. The van der Waals surface area contributed by atoms with Crippen molar-refractivity contribution in [3.05, 3.63) is 51.5 Å². The van der Waals surface area contributed by atoms with Gasteiger partial charge in [-0.05, 0) is 48.9 Å². The maximum atomic E-state index is 11.7. The molecule has 0 atom stereocenters. The molecule has 132 valence electrons. The van der Waals surface area contributed by atoms with Crippen molar-refractivity contribution in [1.29, 1.82) is 0 Å². The molecule has 0 radical (unpaired) electrons. The van der Waals surface area contributed by atoms with Gasteiger partial charge in [-0.3, -0.25) is 4.79 Å². The van der Waals surface area contributed by atoms with Gasteiger partial charge in [0.2, 0.25) is 0 Å². The first kappa shape index (κ1) is 19.1. The van der Waals surface area contributed by atoms with Crippen molar-refractivity contribution >= 4 is 39.7 Å². The molecule has 2 aromatic rings. The summed E-state index contributed by atoms with van der Waals surface area (Å²) in [5.74, 6) is 0.372. The smallest absolute Gasteiger partial charge is 0.277 e. The summed E-state index contributed by atoms with van der Waals surface area (Å²) in [5, 5.41) is 13.9. The Morgan fingerprint density at radius 3 is 2.80 bits per heavy atom. The molecule has 0 heterocycles. The molecule has 0 aliphatic heterocycles. The fourth-order valence-electron chi connectivity index (χ4n) is 1.83. The maximum absolute atomic E-state index is 11.7. The minimum Gasteiger partial charge on any atom is -0.504 e. The molecule has 0 aliphatic rings. The largest absolute Gasteiger partial charge is 0.504 e. The molecule has 6 nitrogen and oxygen atoms in total. The number of carbonyl (C=O) groups is 1. The van der Waals surface area contributed by atoms with Crippen LogP contribution < -0.4 is 14.9 Å². The Kier molecular flexibility index (Phi) is 7.09. The average Bonchev–Trinajstić information content (AvgIpc) is 2.57. The van der Waals surface area contributed by atoms with Crippen molar-refractivity contribution in [1.82, 2.24) is 5.43 Å². The van der Waals surface area contributed by atoms with Gasteiger partial charge in [-0.1, -0.05) is 27.5 Å². The number of hydrazone groups is 1. The zero-order valence-electron chi connectivity index (χ0n) is 13.3. The lowest BCUT2D eigenvalue weighted by Crippen LogP contribution is -2.24. The molecule has 2 N–H and O–H groups in total. The first-order chi connectivity index (χ1) is 12.0. The van der Waals surface area contributed by atoms with E-state index in [4.69, 9.17) is 21.1 Å². The van der Waals surface area contributed by atoms with Crippen LogP contribution in [0.25, 0.3) is 0 Å². The molecule has 0 spiro atoms. The number of hydrogen-bond donors (Lipinski definition) is 2. The Bertz CT molecular complexity index is 783. The highest BCUT2D eigenvalue weighted by atomic mass is 79.9. The van der Waals surface area contributed by atoms with E-state index in [2.05, 4.69) is 26.5 Å². The van der Waals surface area contributed by atoms with E-state index < -0.39 is 5.91 Å². The van der Waals surface area contributed by atoms with Crippen LogP contribution in [0.3, 0.4) is 0 Å². The summed E-state index contributed by atoms with van der Waals surface area (Å²) in [7, 11) is 0. The summed E-state index contributed by atoms with van der Waals surface area (Å²) >= 11 is 9.29. The lowest BCUT2D eigenvalue weighted by Gasteiger charge is -2.07. The van der Waals surface area contributed by atoms with Crippen LogP contribution >= 0.6 is 27.5 Å². The summed E-state index contributed by atoms with van der Waals surface area (Å²) in [6.45, 7) is 2.03. The summed E-state index contributed by atoms with van der Waals surface area (Å²) < 4.78 is 11.4. The van der Waals surface area contributed by atoms with E-state index >= 15 is 0 Å². The number of aromatic hydroxyl groups is 1. The van der Waals surface area contributed by atoms with Gasteiger partial charge in [-0.15, -0.1) is 0 Å². The van der Waals surface area contributed by atoms with Gasteiger partial charge < -0.3 is 14.6 Å². The molecule has 1 amide bonds. The molecule has 2 rings (SSSR count). The number of amides is 1. The Morgan fingerprint density at radius 2 is 2.08 bits per heavy atom. The number of nitrogens with zero attached hydrogens (tertiary/aromatic N) is 1. The minimum atomic E-state index is -0.431. The fraction of sp³-hybridized carbons (Fsp3) is 0.176. The highest BCUT2D eigenvalue weighted by Crippen LogP contribution is 2.27. The normalized spacial score (nSPS) is 10.7. The van der Waals surface area contributed by atoms with Crippen molar-refractivity contribution in [2.24, 2.45) is 5.10 Å². The Balaban J connectivity index is 1.87. The third-order valence-corrected chi connectivity index (χ3v) is 3.73. The highest BCUT2D eigenvalue weighted by Gasteiger charge is 2.06. The van der Waals surface area contributed by atoms with Crippen LogP contribution in [0.2, 0.25) is 5.02 Å². The molecular weight excluding hydrogens is 412 g/mol. The van der Waals surface area contributed by atoms with Gasteiger partial charge in [0.05, 0.1) is 17.8 Å². The Hall–Kier alpha value is -2.25. The predicted octanol–water partition coefficient (Wildman–Crippen LogP) is 3.74. The number of halogens is 2. The number of hydrogen-bond acceptors (Lipinski definition) is 5. The van der Waals surface area contributed by atoms with E-state index in [9.17, 15) is 9.90 Å². The van der Waals surface area contributed by atoms with Crippen LogP contribution in [0, 0.1) is 0 Å². The monoisotopic (exact) mass is 426 g/mol. The number of ether oxygens (including phenoxy) is 2. The summed E-state index contributed by atoms with van der Waals surface area (Å²) in [5.41, 5.74) is 3.01. The summed E-state index contributed by atoms with van der Waals surface area (Å²) in [4.78, 5) is 11.7. The van der Waals surface area contributed by atoms with Crippen LogP contribution in [0.15, 0.2) is 46.0 Å². The first-order valence-electron chi connectivity index (χ1n) is 7.35. The predicted molar refractivity (Wildman–Crippen MR) is 99.7 cm³/mol. The SMILES string of the molecule is CCOc1cc(/C=N/NC(=O)COc2ccc(Br)cc2Cl)ccc1O. The van der Waals surface area contributed by atoms with Gasteiger partial charge in [0, 0.05) is 4.47 Å². The third-order valence-electron chi connectivity index (χ3n) is 2.94. The third kappa shape index (κ3) is 5.95. The highest BCUT2D eigenvalue weighted by molar-refractivity contribution is 9.10. The lowest BCUT2D eigenvalue weighted by molar-refractivity contribution is -0.123. The molecule has 8 heteroatoms. The van der Waals surface area contributed by atoms with Gasteiger partial charge in [0.1, 0.15) is 5.75 Å². The van der Waals surface area contributed by atoms with Crippen molar-refractivity contribution < 1.29 is 19.4 Å². The lowest BCUT2D eigenvalue weighted by atomic mass is 10.2. The second-order valence-corrected chi connectivity index (χ2v) is 6.14. The van der Waals surface area contributed by atoms with E-state index in [1.807, 2.05) is 6.92 Å². The number of phenols is 1. The Morgan fingerprint density at radius 1 is 1.28 bits per heavy atom. The minimum absolute atomic E-state index is 0.0443. The second-order valence-electron chi connectivity index (χ2n) is 4.82. The average molecular weight is 428 g/mol. The zero-order valence-corrected chi connectivity index (χ0v) is 15.7. The molecule has 0 aromatic heterocycles. The van der Waals surface area contributed by atoms with Crippen LogP contribution in [0.1, 0.15) is 12.5 Å². The van der Waals surface area contributed by atoms with Gasteiger partial charge >= 0.3 is 0 Å². The molecule has 0 unspecified atom stereocenters. The van der Waals surface area contributed by atoms with Gasteiger partial charge in [0.25, 0.3) is 5.91 Å². The molecule has 0 aliphatic carbocycles. The van der Waals surface area contributed by atoms with Crippen LogP contribution in [0.4, 0.5) is 0 Å². The quantitative estimate of drug-likeness (QED) is 0.521. The van der Waals surface area contributed by atoms with E-state index in [0.717, 1.165) is 4.47 Å². The second kappa shape index (κ2) is 9.29. The van der Waals surface area contributed by atoms with Crippen LogP contribution in [0.5, 0.6) is 17.2 Å². The zero-order chi connectivity index (χ0) is 18.2. The Labute approximate surface area is 158 Å². The van der Waals surface area contributed by atoms with Gasteiger partial charge in [-0.25, -0.2) is 5.43 Å². The molecular formula is C17H16BrClN2O4. The number of carbonyl (C=O) groups excluding carboxylic acids is 1. The number of rotatable bonds is 7. The number of phenolic OH excluding ortho intramolecular Hbond substituents is 1. The summed E-state index contributed by atoms with van der Waals surface area (Å²) in [6, 6.07) is 9.85. The molecule has 0 bridgehead atoms. The molecule has 0 saturated carbocycles. The van der Waals surface area contributed by atoms with Gasteiger partial charge in [-0.2, -0.15) is 5.10 Å². The van der Waals surface area contributed by atoms with Crippen LogP contribution in [-0.4, -0.2) is 30.4 Å². The topological polar surface area (TPSA) is 80.2 Å². The van der Waals surface area contributed by atoms with E-state index in [1.165, 1.54) is 12.3 Å². The number of nitrogens with one attached hydrogen (secondary N) is 1. The molecule has 0 fully saturated rings. The first-order valence-corrected chi connectivity index (χ1v) is 8.52. The summed E-state index contributed by atoms with van der Waals surface area (Å²) in [6.07, 6.45) is 1.44. The van der Waals surface area contributed by atoms with Crippen molar-refractivity contribution in [3.63, 3.8) is 0 Å². The van der Waals surface area contributed by atoms with E-state index in [1.54, 1.807) is 30.3 Å². The number of benzene rings is 2. The van der Waals surface area contributed by atoms with Crippen molar-refractivity contribution in [2.45, 2.75) is 6.92 Å². The van der Waals surface area contributed by atoms with Crippen molar-refractivity contribution in [3.8, 4) is 17.2 Å². The standard InChI is InChI=1S/C17H16BrClN2O4/c1-2-24-16-7-11(3-5-14(16)22)9-20-21-17(23)10-25-15-6-4-12(18)8-13(15)19/h3-9,22H,2,10H2,1H3,(H,21,23)/b20-9+.